The molecule has 0 aliphatic carbocycles. The molecule has 280 valence electrons. The van der Waals surface area contributed by atoms with Crippen LogP contribution in [0.4, 0.5) is 10.1 Å². The molecule has 2 aliphatic rings. The van der Waals surface area contributed by atoms with Gasteiger partial charge in [-0.3, -0.25) is 19.5 Å². The Morgan fingerprint density at radius 1 is 1.04 bits per heavy atom. The van der Waals surface area contributed by atoms with Gasteiger partial charge in [-0.2, -0.15) is 0 Å². The molecule has 0 saturated carbocycles. The van der Waals surface area contributed by atoms with Crippen LogP contribution in [0.25, 0.3) is 11.1 Å². The summed E-state index contributed by atoms with van der Waals surface area (Å²) in [4.78, 5) is 33.4. The lowest BCUT2D eigenvalue weighted by Crippen LogP contribution is -2.48. The first-order chi connectivity index (χ1) is 25.3. The number of aryl methyl sites for hydroxylation is 2. The van der Waals surface area contributed by atoms with Crippen LogP contribution in [0.3, 0.4) is 0 Å². The Balaban J connectivity index is 1.21. The van der Waals surface area contributed by atoms with Crippen LogP contribution < -0.4 is 21.3 Å². The van der Waals surface area contributed by atoms with E-state index >= 15 is 4.39 Å². The van der Waals surface area contributed by atoms with Crippen molar-refractivity contribution >= 4 is 23.7 Å². The number of halogens is 1. The highest BCUT2D eigenvalue weighted by Gasteiger charge is 2.23. The van der Waals surface area contributed by atoms with Crippen LogP contribution in [0.1, 0.15) is 92.9 Å². The number of ether oxygens (including phenoxy) is 1. The molecule has 2 aromatic carbocycles. The fraction of sp³-hybridized carbons (Fsp3) is 0.512. The Morgan fingerprint density at radius 2 is 1.83 bits per heavy atom. The van der Waals surface area contributed by atoms with Gasteiger partial charge in [0.25, 0.3) is 0 Å². The van der Waals surface area contributed by atoms with Gasteiger partial charge < -0.3 is 31.4 Å². The third-order valence-electron chi connectivity index (χ3n) is 9.97. The van der Waals surface area contributed by atoms with E-state index in [9.17, 15) is 9.59 Å². The second-order valence-electron chi connectivity index (χ2n) is 14.1. The number of rotatable bonds is 17. The first-order valence-corrected chi connectivity index (χ1v) is 19.0. The van der Waals surface area contributed by atoms with E-state index in [1.165, 1.54) is 12.3 Å². The molecule has 0 spiro atoms. The lowest BCUT2D eigenvalue weighted by molar-refractivity contribution is -0.129. The first-order valence-electron chi connectivity index (χ1n) is 19.0. The predicted octanol–water partition coefficient (Wildman–Crippen LogP) is 5.89. The number of unbranched alkanes of at least 4 members (excludes halogenated alkanes) is 2. The summed E-state index contributed by atoms with van der Waals surface area (Å²) in [5.41, 5.74) is 7.39. The summed E-state index contributed by atoms with van der Waals surface area (Å²) in [5, 5.41) is 21.2. The van der Waals surface area contributed by atoms with Crippen LogP contribution in [0.2, 0.25) is 0 Å². The quantitative estimate of drug-likeness (QED) is 0.0671. The maximum atomic E-state index is 15.1. The van der Waals surface area contributed by atoms with Gasteiger partial charge in [0.1, 0.15) is 12.2 Å². The lowest BCUT2D eigenvalue weighted by atomic mass is 9.97. The number of piperazine rings is 1. The monoisotopic (exact) mass is 713 g/mol. The molecular weight excluding hydrogens is 657 g/mol. The summed E-state index contributed by atoms with van der Waals surface area (Å²) in [6.45, 7) is 11.8. The minimum atomic E-state index is -0.420. The van der Waals surface area contributed by atoms with Crippen LogP contribution >= 0.6 is 0 Å². The second-order valence-corrected chi connectivity index (χ2v) is 14.1. The molecule has 52 heavy (non-hydrogen) atoms. The molecule has 3 heterocycles. The maximum absolute atomic E-state index is 15.1. The number of aromatic nitrogens is 1. The molecule has 1 aromatic heterocycles. The van der Waals surface area contributed by atoms with E-state index in [-0.39, 0.29) is 31.4 Å². The number of pyridine rings is 1. The number of hydrogen-bond donors (Lipinski definition) is 5. The first kappa shape index (κ1) is 39.0. The molecule has 1 atom stereocenters. The van der Waals surface area contributed by atoms with Crippen LogP contribution in [0, 0.1) is 11.2 Å². The minimum Gasteiger partial charge on any atom is -0.381 e. The van der Waals surface area contributed by atoms with Crippen molar-refractivity contribution in [2.24, 2.45) is 0 Å². The molecule has 5 N–H and O–H groups in total. The summed E-state index contributed by atoms with van der Waals surface area (Å²) < 4.78 is 20.6. The molecule has 0 radical (unpaired) electrons. The van der Waals surface area contributed by atoms with Gasteiger partial charge in [-0.1, -0.05) is 51.0 Å². The van der Waals surface area contributed by atoms with Gasteiger partial charge in [-0.05, 0) is 73.9 Å². The summed E-state index contributed by atoms with van der Waals surface area (Å²) in [6.07, 6.45) is 7.40. The van der Waals surface area contributed by atoms with E-state index < -0.39 is 11.8 Å². The molecule has 2 aliphatic heterocycles. The van der Waals surface area contributed by atoms with E-state index in [1.54, 1.807) is 12.1 Å². The Kier molecular flexibility index (Phi) is 14.7. The van der Waals surface area contributed by atoms with Crippen molar-refractivity contribution in [3.8, 4) is 11.1 Å². The Labute approximate surface area is 308 Å². The summed E-state index contributed by atoms with van der Waals surface area (Å²) in [7, 11) is 0. The highest BCUT2D eigenvalue weighted by Crippen LogP contribution is 2.30. The zero-order valence-electron chi connectivity index (χ0n) is 31.1. The minimum absolute atomic E-state index is 0.170. The number of nitrogens with zero attached hydrogens (tertiary/aromatic N) is 2. The number of benzene rings is 2. The molecule has 2 amide bonds. The third kappa shape index (κ3) is 10.9. The van der Waals surface area contributed by atoms with Crippen LogP contribution in [-0.2, 0) is 46.8 Å². The van der Waals surface area contributed by atoms with Crippen molar-refractivity contribution < 1.29 is 18.7 Å². The fourth-order valence-corrected chi connectivity index (χ4v) is 7.14. The van der Waals surface area contributed by atoms with Gasteiger partial charge in [0.2, 0.25) is 11.8 Å². The van der Waals surface area contributed by atoms with Gasteiger partial charge in [0.15, 0.2) is 0 Å². The molecule has 11 heteroatoms. The van der Waals surface area contributed by atoms with E-state index in [1.807, 2.05) is 25.1 Å². The number of carbonyl (C=O) groups is 2. The number of nitrogens with one attached hydrogen (secondary N) is 5. The molecule has 3 aromatic rings. The topological polar surface area (TPSA) is 131 Å². The number of carbonyl (C=O) groups excluding carboxylic acids is 2. The fourth-order valence-electron chi connectivity index (χ4n) is 7.14. The zero-order valence-corrected chi connectivity index (χ0v) is 31.1. The van der Waals surface area contributed by atoms with Crippen molar-refractivity contribution in [2.75, 3.05) is 38.2 Å². The van der Waals surface area contributed by atoms with Crippen LogP contribution in [0.15, 0.2) is 42.5 Å². The van der Waals surface area contributed by atoms with Crippen molar-refractivity contribution in [1.82, 2.24) is 25.8 Å². The standard InChI is InChI=1S/C41H56FN7O3/c1-4-6-7-11-38-34(23-43)41(47-32-14-18-52-19-15-32)35(37(5-2)48-38)25-46-40(51)22-39(50)45-24-29-12-13-36(42)33(21-29)31-10-8-9-30(20-31)27-49-17-16-44-28(3)26-49/h8-10,12-13,20-21,23,28,32,43-44H,4-7,11,14-19,22,24-27H2,1-3H3,(H,45,50)(H,46,51)(H,47,48)/t28-/m0/s1. The normalized spacial score (nSPS) is 16.7. The van der Waals surface area contributed by atoms with Crippen molar-refractivity contribution in [1.29, 1.82) is 5.41 Å². The summed E-state index contributed by atoms with van der Waals surface area (Å²) in [5.74, 6) is -1.15. The molecule has 2 saturated heterocycles. The highest BCUT2D eigenvalue weighted by atomic mass is 19.1. The smallest absolute Gasteiger partial charge is 0.229 e. The van der Waals surface area contributed by atoms with Crippen molar-refractivity contribution in [3.05, 3.63) is 81.9 Å². The Hall–Kier alpha value is -4.19. The van der Waals surface area contributed by atoms with Crippen LogP contribution in [-0.4, -0.2) is 72.8 Å². The van der Waals surface area contributed by atoms with E-state index in [0.29, 0.717) is 31.2 Å². The number of hydrogen-bond acceptors (Lipinski definition) is 8. The molecule has 0 bridgehead atoms. The highest BCUT2D eigenvalue weighted by molar-refractivity contribution is 5.97. The molecule has 10 nitrogen and oxygen atoms in total. The number of anilines is 1. The van der Waals surface area contributed by atoms with Gasteiger partial charge in [0, 0.05) is 93.2 Å². The van der Waals surface area contributed by atoms with Gasteiger partial charge >= 0.3 is 0 Å². The maximum Gasteiger partial charge on any atom is 0.229 e. The summed E-state index contributed by atoms with van der Waals surface area (Å²) in [6, 6.07) is 13.5. The van der Waals surface area contributed by atoms with Crippen molar-refractivity contribution in [3.63, 3.8) is 0 Å². The van der Waals surface area contributed by atoms with E-state index in [4.69, 9.17) is 15.1 Å². The average Bonchev–Trinajstić information content (AvgIpc) is 3.14. The molecule has 5 rings (SSSR count). The van der Waals surface area contributed by atoms with Crippen molar-refractivity contribution in [2.45, 2.75) is 104 Å². The Bertz CT molecular complexity index is 1680. The van der Waals surface area contributed by atoms with Gasteiger partial charge in [-0.25, -0.2) is 4.39 Å². The summed E-state index contributed by atoms with van der Waals surface area (Å²) >= 11 is 0. The Morgan fingerprint density at radius 3 is 2.56 bits per heavy atom. The van der Waals surface area contributed by atoms with Gasteiger partial charge in [-0.15, -0.1) is 0 Å². The molecule has 0 unspecified atom stereocenters. The average molecular weight is 714 g/mol. The molecular formula is C41H56FN7O3. The van der Waals surface area contributed by atoms with Gasteiger partial charge in [0.05, 0.1) is 11.4 Å². The van der Waals surface area contributed by atoms with Crippen LogP contribution in [0.5, 0.6) is 0 Å². The zero-order chi connectivity index (χ0) is 36.9. The van der Waals surface area contributed by atoms with E-state index in [2.05, 4.69) is 46.1 Å². The largest absolute Gasteiger partial charge is 0.381 e. The predicted molar refractivity (Wildman–Crippen MR) is 205 cm³/mol. The van der Waals surface area contributed by atoms with E-state index in [0.717, 1.165) is 110 Å². The third-order valence-corrected chi connectivity index (χ3v) is 9.97. The molecule has 2 fully saturated rings. The number of amides is 2. The SMILES string of the molecule is CCCCCc1nc(CC)c(CNC(=O)CC(=O)NCc2ccc(F)c(-c3cccc(CN4CCN[C@@H](C)C4)c3)c2)c(NC2CCOCC2)c1C=N. The lowest BCUT2D eigenvalue weighted by Gasteiger charge is -2.31. The second kappa shape index (κ2) is 19.6.